The fourth-order valence-electron chi connectivity index (χ4n) is 5.71. The minimum absolute atomic E-state index is 0.0189. The van der Waals surface area contributed by atoms with Crippen LogP contribution in [0.3, 0.4) is 0 Å². The second kappa shape index (κ2) is 12.5. The van der Waals surface area contributed by atoms with Crippen LogP contribution in [0.1, 0.15) is 54.9 Å². The summed E-state index contributed by atoms with van der Waals surface area (Å²) in [5.41, 5.74) is 2.45. The second-order valence-electron chi connectivity index (χ2n) is 10.4. The van der Waals surface area contributed by atoms with E-state index in [1.807, 2.05) is 42.2 Å². The fourth-order valence-corrected chi connectivity index (χ4v) is 5.71. The van der Waals surface area contributed by atoms with E-state index >= 15 is 0 Å². The molecule has 3 saturated heterocycles. The van der Waals surface area contributed by atoms with Crippen molar-refractivity contribution in [3.8, 4) is 5.75 Å². The summed E-state index contributed by atoms with van der Waals surface area (Å²) in [6.45, 7) is 6.27. The first-order valence-corrected chi connectivity index (χ1v) is 14.1. The van der Waals surface area contributed by atoms with Gasteiger partial charge in [-0.15, -0.1) is 0 Å². The van der Waals surface area contributed by atoms with Gasteiger partial charge in [-0.3, -0.25) is 19.4 Å². The SMILES string of the molecule is CCOC(=O)C1CCCCN1Cc1cccc(OC2CCN(C(=O)c3cccc(N4CCNC4=O)c3)CC2)c1. The van der Waals surface area contributed by atoms with E-state index in [1.165, 1.54) is 0 Å². The van der Waals surface area contributed by atoms with Crippen molar-refractivity contribution in [2.75, 3.05) is 44.2 Å². The molecular weight excluding hydrogens is 496 g/mol. The number of carbonyl (C=O) groups excluding carboxylic acids is 3. The summed E-state index contributed by atoms with van der Waals surface area (Å²) in [7, 11) is 0. The molecule has 1 unspecified atom stereocenters. The summed E-state index contributed by atoms with van der Waals surface area (Å²) >= 11 is 0. The zero-order chi connectivity index (χ0) is 27.2. The summed E-state index contributed by atoms with van der Waals surface area (Å²) in [5, 5.41) is 2.80. The number of hydrogen-bond acceptors (Lipinski definition) is 6. The average molecular weight is 535 g/mol. The fraction of sp³-hybridized carbons (Fsp3) is 0.500. The highest BCUT2D eigenvalue weighted by atomic mass is 16.5. The third-order valence-electron chi connectivity index (χ3n) is 7.75. The Bertz CT molecular complexity index is 1180. The van der Waals surface area contributed by atoms with Gasteiger partial charge >= 0.3 is 12.0 Å². The van der Waals surface area contributed by atoms with Gasteiger partial charge in [0.15, 0.2) is 0 Å². The van der Waals surface area contributed by atoms with Crippen molar-refractivity contribution in [2.24, 2.45) is 0 Å². The van der Waals surface area contributed by atoms with Crippen molar-refractivity contribution in [1.82, 2.24) is 15.1 Å². The van der Waals surface area contributed by atoms with Gasteiger partial charge in [0.25, 0.3) is 5.91 Å². The Balaban J connectivity index is 1.15. The quantitative estimate of drug-likeness (QED) is 0.518. The van der Waals surface area contributed by atoms with E-state index < -0.39 is 0 Å². The van der Waals surface area contributed by atoms with Crippen LogP contribution in [0, 0.1) is 0 Å². The number of benzene rings is 2. The summed E-state index contributed by atoms with van der Waals surface area (Å²) in [4.78, 5) is 43.4. The number of nitrogens with zero attached hydrogens (tertiary/aromatic N) is 3. The predicted molar refractivity (Wildman–Crippen MR) is 148 cm³/mol. The Kier molecular flexibility index (Phi) is 8.66. The standard InChI is InChI=1S/C30H38N4O5/c1-2-38-29(36)27-11-3-4-15-33(27)21-22-7-5-10-26(19-22)39-25-12-16-32(17-13-25)28(35)23-8-6-9-24(20-23)34-18-14-31-30(34)37/h5-10,19-20,25,27H,2-4,11-18,21H2,1H3,(H,31,37). The van der Waals surface area contributed by atoms with Crippen LogP contribution in [-0.2, 0) is 16.1 Å². The van der Waals surface area contributed by atoms with Crippen LogP contribution in [0.5, 0.6) is 5.75 Å². The molecule has 0 spiro atoms. The lowest BCUT2D eigenvalue weighted by atomic mass is 10.0. The minimum atomic E-state index is -0.182. The molecule has 3 aliphatic heterocycles. The first kappa shape index (κ1) is 27.0. The number of likely N-dealkylation sites (tertiary alicyclic amines) is 2. The monoisotopic (exact) mass is 534 g/mol. The number of amides is 3. The van der Waals surface area contributed by atoms with Gasteiger partial charge in [-0.05, 0) is 62.2 Å². The molecule has 0 saturated carbocycles. The molecule has 3 aliphatic rings. The molecule has 2 aromatic carbocycles. The Hall–Kier alpha value is -3.59. The molecule has 0 aliphatic carbocycles. The maximum atomic E-state index is 13.2. The maximum Gasteiger partial charge on any atom is 0.323 e. The maximum absolute atomic E-state index is 13.2. The molecule has 9 heteroatoms. The van der Waals surface area contributed by atoms with Crippen LogP contribution in [-0.4, -0.2) is 79.2 Å². The second-order valence-corrected chi connectivity index (χ2v) is 10.4. The number of piperidine rings is 2. The molecule has 3 fully saturated rings. The van der Waals surface area contributed by atoms with Crippen LogP contribution in [0.4, 0.5) is 10.5 Å². The Morgan fingerprint density at radius 1 is 0.974 bits per heavy atom. The van der Waals surface area contributed by atoms with Gasteiger partial charge in [-0.25, -0.2) is 4.79 Å². The molecule has 3 heterocycles. The molecule has 1 N–H and O–H groups in total. The average Bonchev–Trinajstić information content (AvgIpc) is 3.39. The topological polar surface area (TPSA) is 91.4 Å². The largest absolute Gasteiger partial charge is 0.490 e. The van der Waals surface area contributed by atoms with Crippen molar-refractivity contribution in [3.05, 3.63) is 59.7 Å². The molecule has 9 nitrogen and oxygen atoms in total. The highest BCUT2D eigenvalue weighted by Crippen LogP contribution is 2.25. The Morgan fingerprint density at radius 2 is 1.79 bits per heavy atom. The van der Waals surface area contributed by atoms with Gasteiger partial charge in [0, 0.05) is 56.8 Å². The molecule has 3 amide bonds. The third kappa shape index (κ3) is 6.53. The van der Waals surface area contributed by atoms with Gasteiger partial charge in [0.05, 0.1) is 6.61 Å². The Morgan fingerprint density at radius 3 is 2.56 bits per heavy atom. The molecular formula is C30H38N4O5. The highest BCUT2D eigenvalue weighted by Gasteiger charge is 2.30. The van der Waals surface area contributed by atoms with Crippen LogP contribution in [0.2, 0.25) is 0 Å². The zero-order valence-corrected chi connectivity index (χ0v) is 22.6. The number of nitrogens with one attached hydrogen (secondary N) is 1. The molecule has 1 atom stereocenters. The van der Waals surface area contributed by atoms with E-state index in [0.717, 1.165) is 55.6 Å². The zero-order valence-electron chi connectivity index (χ0n) is 22.6. The van der Waals surface area contributed by atoms with Gasteiger partial charge < -0.3 is 19.7 Å². The van der Waals surface area contributed by atoms with Gasteiger partial charge in [-0.1, -0.05) is 24.6 Å². The predicted octanol–water partition coefficient (Wildman–Crippen LogP) is 3.82. The van der Waals surface area contributed by atoms with E-state index in [0.29, 0.717) is 44.9 Å². The molecule has 2 aromatic rings. The van der Waals surface area contributed by atoms with Crippen molar-refractivity contribution in [3.63, 3.8) is 0 Å². The van der Waals surface area contributed by atoms with Crippen LogP contribution in [0.15, 0.2) is 48.5 Å². The number of hydrogen-bond donors (Lipinski definition) is 1. The molecule has 0 bridgehead atoms. The van der Waals surface area contributed by atoms with Gasteiger partial charge in [0.1, 0.15) is 17.9 Å². The lowest BCUT2D eigenvalue weighted by molar-refractivity contribution is -0.151. The van der Waals surface area contributed by atoms with Crippen molar-refractivity contribution < 1.29 is 23.9 Å². The first-order valence-electron chi connectivity index (χ1n) is 14.1. The normalized spacial score (nSPS) is 20.5. The van der Waals surface area contributed by atoms with Crippen molar-refractivity contribution in [2.45, 2.75) is 57.7 Å². The Labute approximate surface area is 230 Å². The van der Waals surface area contributed by atoms with Gasteiger partial charge in [0.2, 0.25) is 0 Å². The molecule has 0 aromatic heterocycles. The van der Waals surface area contributed by atoms with Crippen LogP contribution in [0.25, 0.3) is 0 Å². The molecule has 0 radical (unpaired) electrons. The highest BCUT2D eigenvalue weighted by molar-refractivity contribution is 5.98. The van der Waals surface area contributed by atoms with E-state index in [4.69, 9.17) is 9.47 Å². The van der Waals surface area contributed by atoms with Gasteiger partial charge in [-0.2, -0.15) is 0 Å². The van der Waals surface area contributed by atoms with Crippen molar-refractivity contribution >= 4 is 23.6 Å². The third-order valence-corrected chi connectivity index (χ3v) is 7.75. The van der Waals surface area contributed by atoms with Crippen molar-refractivity contribution in [1.29, 1.82) is 0 Å². The number of carbonyl (C=O) groups is 3. The van der Waals surface area contributed by atoms with E-state index in [1.54, 1.807) is 11.0 Å². The molecule has 39 heavy (non-hydrogen) atoms. The summed E-state index contributed by atoms with van der Waals surface area (Å²) < 4.78 is 11.6. The van der Waals surface area contributed by atoms with E-state index in [2.05, 4.69) is 22.3 Å². The minimum Gasteiger partial charge on any atom is -0.490 e. The van der Waals surface area contributed by atoms with Crippen LogP contribution < -0.4 is 15.0 Å². The smallest absolute Gasteiger partial charge is 0.323 e. The lowest BCUT2D eigenvalue weighted by Gasteiger charge is -2.34. The first-order chi connectivity index (χ1) is 19.0. The van der Waals surface area contributed by atoms with Crippen LogP contribution >= 0.6 is 0 Å². The number of urea groups is 1. The summed E-state index contributed by atoms with van der Waals surface area (Å²) in [5.74, 6) is 0.673. The molecule has 5 rings (SSSR count). The summed E-state index contributed by atoms with van der Waals surface area (Å²) in [6.07, 6.45) is 4.51. The number of ether oxygens (including phenoxy) is 2. The lowest BCUT2D eigenvalue weighted by Crippen LogP contribution is -2.44. The van der Waals surface area contributed by atoms with E-state index in [9.17, 15) is 14.4 Å². The van der Waals surface area contributed by atoms with E-state index in [-0.39, 0.29) is 30.1 Å². The number of esters is 1. The molecule has 208 valence electrons. The summed E-state index contributed by atoms with van der Waals surface area (Å²) in [6, 6.07) is 15.1. The number of rotatable bonds is 8. The number of anilines is 1.